The van der Waals surface area contributed by atoms with E-state index in [1.807, 2.05) is 0 Å². The number of nitrogens with one attached hydrogen (secondary N) is 4. The Bertz CT molecular complexity index is 320. The minimum Gasteiger partial charge on any atom is -0.394 e. The number of unbranched alkanes of at least 4 members (excludes halogenated alkanes) is 3. The van der Waals surface area contributed by atoms with Gasteiger partial charge in [-0.05, 0) is 37.3 Å². The molecular weight excluding hydrogens is 376 g/mol. The van der Waals surface area contributed by atoms with E-state index in [9.17, 15) is 0 Å². The average molecular weight is 411 g/mol. The fraction of sp³-hybridized carbons (Fsp3) is 0.875. The molecule has 0 rings (SSSR count). The molecule has 26 heavy (non-hydrogen) atoms. The number of thiocarbonyl (C=S) groups is 2. The summed E-state index contributed by atoms with van der Waals surface area (Å²) in [6.07, 6.45) is 4.39. The van der Waals surface area contributed by atoms with E-state index < -0.39 is 0 Å². The molecule has 0 saturated carbocycles. The van der Waals surface area contributed by atoms with Crippen LogP contribution in [0.1, 0.15) is 25.7 Å². The lowest BCUT2D eigenvalue weighted by atomic mass is 10.2. The van der Waals surface area contributed by atoms with Crippen molar-refractivity contribution in [3.8, 4) is 0 Å². The molecule has 0 aromatic carbocycles. The minimum atomic E-state index is 0.0426. The Kier molecular flexibility index (Phi) is 19.9. The highest BCUT2D eigenvalue weighted by molar-refractivity contribution is 7.80. The number of aliphatic hydroxyl groups is 2. The van der Waals surface area contributed by atoms with Gasteiger partial charge in [-0.1, -0.05) is 12.8 Å². The van der Waals surface area contributed by atoms with E-state index in [1.54, 1.807) is 0 Å². The van der Waals surface area contributed by atoms with Gasteiger partial charge in [0, 0.05) is 26.2 Å². The van der Waals surface area contributed by atoms with Gasteiger partial charge >= 0.3 is 0 Å². The molecule has 0 fully saturated rings. The van der Waals surface area contributed by atoms with Gasteiger partial charge in [0.1, 0.15) is 0 Å². The summed E-state index contributed by atoms with van der Waals surface area (Å²) in [5.74, 6) is 0. The zero-order valence-corrected chi connectivity index (χ0v) is 17.1. The number of aliphatic hydroxyl groups excluding tert-OH is 2. The van der Waals surface area contributed by atoms with Crippen LogP contribution in [0.2, 0.25) is 0 Å². The first-order valence-electron chi connectivity index (χ1n) is 9.11. The van der Waals surface area contributed by atoms with E-state index in [-0.39, 0.29) is 13.2 Å². The van der Waals surface area contributed by atoms with Crippen molar-refractivity contribution in [2.45, 2.75) is 25.7 Å². The fourth-order valence-electron chi connectivity index (χ4n) is 1.94. The van der Waals surface area contributed by atoms with E-state index >= 15 is 0 Å². The molecule has 0 aromatic rings. The smallest absolute Gasteiger partial charge is 0.166 e. The third-order valence-corrected chi connectivity index (χ3v) is 3.79. The Balaban J connectivity index is 3.25. The van der Waals surface area contributed by atoms with Crippen molar-refractivity contribution in [3.63, 3.8) is 0 Å². The normalized spacial score (nSPS) is 10.4. The van der Waals surface area contributed by atoms with Crippen molar-refractivity contribution in [1.82, 2.24) is 21.3 Å². The van der Waals surface area contributed by atoms with Gasteiger partial charge in [-0.25, -0.2) is 0 Å². The molecule has 0 radical (unpaired) electrons. The van der Waals surface area contributed by atoms with Crippen LogP contribution < -0.4 is 21.3 Å². The maximum atomic E-state index is 8.57. The van der Waals surface area contributed by atoms with Crippen LogP contribution in [0.4, 0.5) is 0 Å². The zero-order valence-electron chi connectivity index (χ0n) is 15.4. The van der Waals surface area contributed by atoms with Crippen LogP contribution in [0.5, 0.6) is 0 Å². The lowest BCUT2D eigenvalue weighted by Crippen LogP contribution is -2.37. The second-order valence-electron chi connectivity index (χ2n) is 5.45. The molecule has 0 aromatic heterocycles. The molecule has 0 bridgehead atoms. The van der Waals surface area contributed by atoms with Crippen molar-refractivity contribution in [1.29, 1.82) is 0 Å². The lowest BCUT2D eigenvalue weighted by molar-refractivity contribution is 0.0958. The summed E-state index contributed by atoms with van der Waals surface area (Å²) in [6.45, 7) is 4.84. The van der Waals surface area contributed by atoms with Gasteiger partial charge in [0.25, 0.3) is 0 Å². The molecule has 0 aliphatic heterocycles. The Morgan fingerprint density at radius 3 is 1.35 bits per heavy atom. The van der Waals surface area contributed by atoms with Crippen LogP contribution in [0, 0.1) is 0 Å². The molecule has 0 amide bonds. The summed E-state index contributed by atoms with van der Waals surface area (Å²) >= 11 is 10.3. The predicted octanol–water partition coefficient (Wildman–Crippen LogP) is -0.507. The van der Waals surface area contributed by atoms with E-state index in [4.69, 9.17) is 44.1 Å². The average Bonchev–Trinajstić information content (AvgIpc) is 2.63. The Labute approximate surface area is 167 Å². The van der Waals surface area contributed by atoms with E-state index in [0.717, 1.165) is 38.8 Å². The van der Waals surface area contributed by atoms with Crippen LogP contribution >= 0.6 is 24.4 Å². The quantitative estimate of drug-likeness (QED) is 0.139. The first-order valence-corrected chi connectivity index (χ1v) is 9.93. The molecule has 8 nitrogen and oxygen atoms in total. The van der Waals surface area contributed by atoms with Crippen molar-refractivity contribution in [3.05, 3.63) is 0 Å². The summed E-state index contributed by atoms with van der Waals surface area (Å²) in [6, 6.07) is 0. The highest BCUT2D eigenvalue weighted by Gasteiger charge is 1.97. The van der Waals surface area contributed by atoms with Gasteiger partial charge in [0.15, 0.2) is 10.2 Å². The first-order chi connectivity index (χ1) is 12.7. The first kappa shape index (κ1) is 25.2. The van der Waals surface area contributed by atoms with Gasteiger partial charge in [-0.15, -0.1) is 0 Å². The topological polar surface area (TPSA) is 107 Å². The molecule has 0 unspecified atom stereocenters. The number of ether oxygens (including phenoxy) is 2. The molecule has 6 N–H and O–H groups in total. The van der Waals surface area contributed by atoms with E-state index in [1.165, 1.54) is 0 Å². The Morgan fingerprint density at radius 2 is 0.962 bits per heavy atom. The maximum absolute atomic E-state index is 8.57. The van der Waals surface area contributed by atoms with Crippen LogP contribution in [0.3, 0.4) is 0 Å². The molecular formula is C16H34N4O4S2. The molecule has 0 saturated heterocycles. The summed E-state index contributed by atoms with van der Waals surface area (Å²) < 4.78 is 10.3. The lowest BCUT2D eigenvalue weighted by Gasteiger charge is -2.11. The summed E-state index contributed by atoms with van der Waals surface area (Å²) in [5, 5.41) is 30.9. The van der Waals surface area contributed by atoms with Gasteiger partial charge in [-0.2, -0.15) is 0 Å². The summed E-state index contributed by atoms with van der Waals surface area (Å²) in [4.78, 5) is 0. The van der Waals surface area contributed by atoms with Crippen LogP contribution in [-0.4, -0.2) is 86.3 Å². The van der Waals surface area contributed by atoms with E-state index in [2.05, 4.69) is 21.3 Å². The fourth-order valence-corrected chi connectivity index (χ4v) is 2.35. The van der Waals surface area contributed by atoms with Crippen molar-refractivity contribution in [2.24, 2.45) is 0 Å². The monoisotopic (exact) mass is 410 g/mol. The van der Waals surface area contributed by atoms with Crippen LogP contribution in [0.15, 0.2) is 0 Å². The highest BCUT2D eigenvalue weighted by atomic mass is 32.1. The molecule has 0 aliphatic rings. The van der Waals surface area contributed by atoms with E-state index in [0.29, 0.717) is 49.7 Å². The standard InChI is InChI=1S/C16H34N4O4S2/c21-9-13-23-11-7-19-15(25)17-5-3-1-2-4-6-18-16(26)20-8-12-24-14-10-22/h21-22H,1-14H2,(H2,17,19,25)(H2,18,20,26). The van der Waals surface area contributed by atoms with Crippen LogP contribution in [0.25, 0.3) is 0 Å². The Hall–Kier alpha value is -0.780. The predicted molar refractivity (Wildman–Crippen MR) is 111 cm³/mol. The van der Waals surface area contributed by atoms with Gasteiger partial charge in [0.2, 0.25) is 0 Å². The maximum Gasteiger partial charge on any atom is 0.166 e. The number of hydrogen-bond acceptors (Lipinski definition) is 6. The molecule has 0 spiro atoms. The van der Waals surface area contributed by atoms with Crippen molar-refractivity contribution in [2.75, 3.05) is 65.8 Å². The molecule has 0 atom stereocenters. The summed E-state index contributed by atoms with van der Waals surface area (Å²) in [5.41, 5.74) is 0. The number of hydrogen-bond donors (Lipinski definition) is 6. The highest BCUT2D eigenvalue weighted by Crippen LogP contribution is 1.97. The van der Waals surface area contributed by atoms with Gasteiger partial charge < -0.3 is 41.0 Å². The van der Waals surface area contributed by atoms with Gasteiger partial charge in [-0.3, -0.25) is 0 Å². The SMILES string of the molecule is OCCOCCNC(=S)NCCCCCCNC(=S)NCCOCCO. The summed E-state index contributed by atoms with van der Waals surface area (Å²) in [7, 11) is 0. The van der Waals surface area contributed by atoms with Crippen LogP contribution in [-0.2, 0) is 9.47 Å². The molecule has 10 heteroatoms. The third kappa shape index (κ3) is 19.5. The molecule has 0 heterocycles. The third-order valence-electron chi connectivity index (χ3n) is 3.21. The second-order valence-corrected chi connectivity index (χ2v) is 6.27. The van der Waals surface area contributed by atoms with Crippen molar-refractivity contribution < 1.29 is 19.7 Å². The van der Waals surface area contributed by atoms with Crippen molar-refractivity contribution >= 4 is 34.7 Å². The number of rotatable bonds is 17. The van der Waals surface area contributed by atoms with Gasteiger partial charge in [0.05, 0.1) is 39.6 Å². The minimum absolute atomic E-state index is 0.0426. The molecule has 154 valence electrons. The largest absolute Gasteiger partial charge is 0.394 e. The second kappa shape index (κ2) is 20.5. The Morgan fingerprint density at radius 1 is 0.577 bits per heavy atom. The molecule has 0 aliphatic carbocycles. The zero-order chi connectivity index (χ0) is 19.3.